The molecular formula is C21H28O. The largest absolute Gasteiger partial charge is 0.373 e. The maximum atomic E-state index is 6.36. The van der Waals surface area contributed by atoms with Gasteiger partial charge in [0.15, 0.2) is 0 Å². The fraction of sp³-hybridized carbons (Fsp3) is 0.524. The molecule has 3 atom stereocenters. The topological polar surface area (TPSA) is 9.23 Å². The minimum atomic E-state index is 0.426. The summed E-state index contributed by atoms with van der Waals surface area (Å²) in [6, 6.07) is 15.2. The Kier molecular flexibility index (Phi) is 4.83. The summed E-state index contributed by atoms with van der Waals surface area (Å²) < 4.78 is 6.36. The average molecular weight is 296 g/mol. The van der Waals surface area contributed by atoms with E-state index in [0.29, 0.717) is 12.0 Å². The van der Waals surface area contributed by atoms with Gasteiger partial charge in [0.05, 0.1) is 12.7 Å². The van der Waals surface area contributed by atoms with Crippen molar-refractivity contribution < 1.29 is 4.74 Å². The Hall–Kier alpha value is -1.34. The molecule has 0 aromatic heterocycles. The second-order valence-electron chi connectivity index (χ2n) is 7.36. The van der Waals surface area contributed by atoms with Gasteiger partial charge in [-0.2, -0.15) is 0 Å². The van der Waals surface area contributed by atoms with Crippen LogP contribution in [0.3, 0.4) is 0 Å². The normalized spacial score (nSPS) is 25.7. The lowest BCUT2D eigenvalue weighted by Gasteiger charge is -2.37. The standard InChI is InChI=1S/C21H28O/c1-15(2)20-11-8-16(3)12-21(20)22-14-17-9-10-18-6-4-5-7-19(18)13-17/h4-7,9-10,13,15-16,20-21H,8,11-12,14H2,1-3H3/t16-,20+,21-/m1/s1. The number of rotatable bonds is 4. The first-order valence-corrected chi connectivity index (χ1v) is 8.73. The van der Waals surface area contributed by atoms with Crippen molar-refractivity contribution in [1.29, 1.82) is 0 Å². The van der Waals surface area contributed by atoms with Crippen LogP contribution >= 0.6 is 0 Å². The van der Waals surface area contributed by atoms with Gasteiger partial charge < -0.3 is 4.74 Å². The third kappa shape index (κ3) is 3.52. The molecule has 0 aliphatic heterocycles. The Bertz CT molecular complexity index is 616. The first-order valence-electron chi connectivity index (χ1n) is 8.73. The molecule has 2 aromatic rings. The van der Waals surface area contributed by atoms with E-state index in [9.17, 15) is 0 Å². The third-order valence-electron chi connectivity index (χ3n) is 5.24. The lowest BCUT2D eigenvalue weighted by Crippen LogP contribution is -2.34. The summed E-state index contributed by atoms with van der Waals surface area (Å²) in [6.07, 6.45) is 4.33. The van der Waals surface area contributed by atoms with Crippen LogP contribution in [0.1, 0.15) is 45.6 Å². The van der Waals surface area contributed by atoms with Gasteiger partial charge in [-0.05, 0) is 53.0 Å². The van der Waals surface area contributed by atoms with Crippen molar-refractivity contribution in [3.8, 4) is 0 Å². The van der Waals surface area contributed by atoms with Gasteiger partial charge in [-0.1, -0.05) is 63.6 Å². The Morgan fingerprint density at radius 1 is 1.05 bits per heavy atom. The van der Waals surface area contributed by atoms with Crippen molar-refractivity contribution >= 4 is 10.8 Å². The van der Waals surface area contributed by atoms with Crippen molar-refractivity contribution in [3.63, 3.8) is 0 Å². The van der Waals surface area contributed by atoms with Gasteiger partial charge in [-0.3, -0.25) is 0 Å². The van der Waals surface area contributed by atoms with E-state index in [-0.39, 0.29) is 0 Å². The summed E-state index contributed by atoms with van der Waals surface area (Å²) in [5.41, 5.74) is 1.29. The molecule has 1 heteroatoms. The maximum absolute atomic E-state index is 6.36. The molecule has 0 spiro atoms. The Labute approximate surface area is 134 Å². The fourth-order valence-corrected chi connectivity index (χ4v) is 3.84. The van der Waals surface area contributed by atoms with E-state index in [4.69, 9.17) is 4.74 Å². The van der Waals surface area contributed by atoms with Crippen molar-refractivity contribution in [1.82, 2.24) is 0 Å². The lowest BCUT2D eigenvalue weighted by molar-refractivity contribution is -0.0472. The van der Waals surface area contributed by atoms with Gasteiger partial charge in [-0.15, -0.1) is 0 Å². The molecule has 0 unspecified atom stereocenters. The van der Waals surface area contributed by atoms with Crippen LogP contribution in [-0.4, -0.2) is 6.10 Å². The third-order valence-corrected chi connectivity index (χ3v) is 5.24. The molecule has 1 saturated carbocycles. The van der Waals surface area contributed by atoms with E-state index in [1.807, 2.05) is 0 Å². The fourth-order valence-electron chi connectivity index (χ4n) is 3.84. The quantitative estimate of drug-likeness (QED) is 0.691. The molecule has 1 aliphatic carbocycles. The molecule has 2 aromatic carbocycles. The highest BCUT2D eigenvalue weighted by atomic mass is 16.5. The highest BCUT2D eigenvalue weighted by Crippen LogP contribution is 2.35. The van der Waals surface area contributed by atoms with Crippen LogP contribution in [0.4, 0.5) is 0 Å². The number of ether oxygens (including phenoxy) is 1. The van der Waals surface area contributed by atoms with E-state index in [1.54, 1.807) is 0 Å². The minimum Gasteiger partial charge on any atom is -0.373 e. The first kappa shape index (κ1) is 15.6. The van der Waals surface area contributed by atoms with E-state index >= 15 is 0 Å². The van der Waals surface area contributed by atoms with Gasteiger partial charge in [0.2, 0.25) is 0 Å². The number of hydrogen-bond donors (Lipinski definition) is 0. The van der Waals surface area contributed by atoms with E-state index in [0.717, 1.165) is 18.4 Å². The van der Waals surface area contributed by atoms with E-state index in [2.05, 4.69) is 63.2 Å². The second kappa shape index (κ2) is 6.83. The summed E-state index contributed by atoms with van der Waals surface area (Å²) in [6.45, 7) is 7.79. The van der Waals surface area contributed by atoms with Crippen molar-refractivity contribution in [2.24, 2.45) is 17.8 Å². The van der Waals surface area contributed by atoms with Crippen molar-refractivity contribution in [3.05, 3.63) is 48.0 Å². The zero-order valence-electron chi connectivity index (χ0n) is 14.1. The first-order chi connectivity index (χ1) is 10.6. The van der Waals surface area contributed by atoms with Crippen LogP contribution in [0.25, 0.3) is 10.8 Å². The molecule has 1 fully saturated rings. The molecule has 1 nitrogen and oxygen atoms in total. The van der Waals surface area contributed by atoms with Gasteiger partial charge in [0.25, 0.3) is 0 Å². The van der Waals surface area contributed by atoms with Crippen LogP contribution in [0.2, 0.25) is 0 Å². The number of fused-ring (bicyclic) bond motifs is 1. The Balaban J connectivity index is 1.68. The summed E-state index contributed by atoms with van der Waals surface area (Å²) in [4.78, 5) is 0. The predicted molar refractivity (Wildman–Crippen MR) is 93.9 cm³/mol. The van der Waals surface area contributed by atoms with Crippen molar-refractivity contribution in [2.75, 3.05) is 0 Å². The molecule has 0 heterocycles. The van der Waals surface area contributed by atoms with Crippen LogP contribution in [0.5, 0.6) is 0 Å². The van der Waals surface area contributed by atoms with Crippen LogP contribution in [-0.2, 0) is 11.3 Å². The zero-order valence-corrected chi connectivity index (χ0v) is 14.1. The molecule has 118 valence electrons. The predicted octanol–water partition coefficient (Wildman–Crippen LogP) is 5.82. The molecule has 0 N–H and O–H groups in total. The maximum Gasteiger partial charge on any atom is 0.0721 e. The molecule has 3 rings (SSSR count). The average Bonchev–Trinajstić information content (AvgIpc) is 2.52. The minimum absolute atomic E-state index is 0.426. The second-order valence-corrected chi connectivity index (χ2v) is 7.36. The smallest absolute Gasteiger partial charge is 0.0721 e. The molecule has 0 saturated heterocycles. The van der Waals surface area contributed by atoms with Gasteiger partial charge >= 0.3 is 0 Å². The number of hydrogen-bond acceptors (Lipinski definition) is 1. The van der Waals surface area contributed by atoms with E-state index < -0.39 is 0 Å². The van der Waals surface area contributed by atoms with Crippen LogP contribution in [0, 0.1) is 17.8 Å². The monoisotopic (exact) mass is 296 g/mol. The molecule has 0 radical (unpaired) electrons. The Morgan fingerprint density at radius 2 is 1.82 bits per heavy atom. The van der Waals surface area contributed by atoms with Crippen LogP contribution in [0.15, 0.2) is 42.5 Å². The molecule has 0 bridgehead atoms. The van der Waals surface area contributed by atoms with E-state index in [1.165, 1.54) is 35.6 Å². The van der Waals surface area contributed by atoms with Gasteiger partial charge in [-0.25, -0.2) is 0 Å². The highest BCUT2D eigenvalue weighted by molar-refractivity contribution is 5.82. The molecule has 0 amide bonds. The van der Waals surface area contributed by atoms with Gasteiger partial charge in [0.1, 0.15) is 0 Å². The van der Waals surface area contributed by atoms with Crippen LogP contribution < -0.4 is 0 Å². The lowest BCUT2D eigenvalue weighted by atomic mass is 9.75. The molecule has 1 aliphatic rings. The highest BCUT2D eigenvalue weighted by Gasteiger charge is 2.31. The van der Waals surface area contributed by atoms with Gasteiger partial charge in [0, 0.05) is 0 Å². The summed E-state index contributed by atoms with van der Waals surface area (Å²) >= 11 is 0. The summed E-state index contributed by atoms with van der Waals surface area (Å²) in [5.74, 6) is 2.24. The molecular weight excluding hydrogens is 268 g/mol. The van der Waals surface area contributed by atoms with Crippen molar-refractivity contribution in [2.45, 2.75) is 52.7 Å². The molecule has 22 heavy (non-hydrogen) atoms. The zero-order chi connectivity index (χ0) is 15.5. The number of benzene rings is 2. The summed E-state index contributed by atoms with van der Waals surface area (Å²) in [7, 11) is 0. The summed E-state index contributed by atoms with van der Waals surface area (Å²) in [5, 5.41) is 2.61. The SMILES string of the molecule is CC(C)[C@@H]1CC[C@@H](C)C[C@H]1OCc1ccc2ccccc2c1. The Morgan fingerprint density at radius 3 is 2.59 bits per heavy atom.